The van der Waals surface area contributed by atoms with Crippen LogP contribution in [-0.2, 0) is 14.1 Å². The first kappa shape index (κ1) is 17.3. The van der Waals surface area contributed by atoms with E-state index < -0.39 is 0 Å². The Morgan fingerprint density at radius 2 is 2.05 bits per heavy atom. The lowest BCUT2D eigenvalue weighted by Crippen LogP contribution is -2.27. The molecule has 2 aromatic rings. The SMILES string of the molecule is CCCC[C@H](CC)CSc1nc2c([nH]1)c(=S)n(C)c(=O)n2C. The van der Waals surface area contributed by atoms with Crippen LogP contribution in [0, 0.1) is 10.6 Å². The van der Waals surface area contributed by atoms with E-state index in [1.54, 1.807) is 30.4 Å². The van der Waals surface area contributed by atoms with Gasteiger partial charge in [-0.05, 0) is 12.3 Å². The van der Waals surface area contributed by atoms with E-state index in [-0.39, 0.29) is 5.69 Å². The van der Waals surface area contributed by atoms with E-state index in [9.17, 15) is 4.79 Å². The van der Waals surface area contributed by atoms with Crippen molar-refractivity contribution < 1.29 is 0 Å². The largest absolute Gasteiger partial charge is 0.330 e. The predicted molar refractivity (Wildman–Crippen MR) is 95.2 cm³/mol. The molecule has 0 aromatic carbocycles. The Hall–Kier alpha value is -1.08. The van der Waals surface area contributed by atoms with Crippen molar-refractivity contribution in [2.24, 2.45) is 20.0 Å². The Morgan fingerprint density at radius 1 is 1.32 bits per heavy atom. The summed E-state index contributed by atoms with van der Waals surface area (Å²) in [5, 5.41) is 0.845. The molecule has 0 amide bonds. The topological polar surface area (TPSA) is 55.6 Å². The van der Waals surface area contributed by atoms with Crippen molar-refractivity contribution in [2.45, 2.75) is 44.7 Å². The van der Waals surface area contributed by atoms with Gasteiger partial charge in [0, 0.05) is 19.8 Å². The standard InChI is InChI=1S/C15H24N4OS2/c1-5-7-8-10(6-2)9-22-14-16-11-12(17-14)18(3)15(20)19(4)13(11)21/h10H,5-9H2,1-4H3,(H,16,17)/t10-/m0/s1. The number of unbranched alkanes of at least 4 members (excludes halogenated alkanes) is 1. The van der Waals surface area contributed by atoms with Crippen LogP contribution in [0.1, 0.15) is 39.5 Å². The van der Waals surface area contributed by atoms with Crippen molar-refractivity contribution in [2.75, 3.05) is 5.75 Å². The van der Waals surface area contributed by atoms with Gasteiger partial charge in [-0.1, -0.05) is 57.1 Å². The molecule has 0 spiro atoms. The summed E-state index contributed by atoms with van der Waals surface area (Å²) in [7, 11) is 3.42. The van der Waals surface area contributed by atoms with Gasteiger partial charge in [-0.2, -0.15) is 0 Å². The Balaban J connectivity index is 2.23. The van der Waals surface area contributed by atoms with Crippen molar-refractivity contribution in [1.29, 1.82) is 0 Å². The number of rotatable bonds is 7. The zero-order chi connectivity index (χ0) is 16.3. The molecule has 0 saturated heterocycles. The molecule has 0 aliphatic heterocycles. The van der Waals surface area contributed by atoms with Crippen molar-refractivity contribution in [3.8, 4) is 0 Å². The Labute approximate surface area is 140 Å². The molecule has 0 aliphatic rings. The fraction of sp³-hybridized carbons (Fsp3) is 0.667. The van der Waals surface area contributed by atoms with Crippen LogP contribution in [0.2, 0.25) is 0 Å². The average molecular weight is 341 g/mol. The number of imidazole rings is 1. The number of H-pyrrole nitrogens is 1. The van der Waals surface area contributed by atoms with Gasteiger partial charge in [0.15, 0.2) is 10.8 Å². The summed E-state index contributed by atoms with van der Waals surface area (Å²) in [5.74, 6) is 1.75. The third kappa shape index (κ3) is 3.46. The van der Waals surface area contributed by atoms with Gasteiger partial charge in [-0.25, -0.2) is 9.78 Å². The van der Waals surface area contributed by atoms with Crippen LogP contribution in [0.15, 0.2) is 9.95 Å². The molecule has 7 heteroatoms. The molecule has 2 heterocycles. The number of hydrogen-bond donors (Lipinski definition) is 1. The lowest BCUT2D eigenvalue weighted by Gasteiger charge is -2.12. The number of aromatic nitrogens is 4. The predicted octanol–water partition coefficient (Wildman–Crippen LogP) is 3.64. The highest BCUT2D eigenvalue weighted by molar-refractivity contribution is 7.99. The summed E-state index contributed by atoms with van der Waals surface area (Å²) >= 11 is 7.06. The Kier molecular flexibility index (Phi) is 5.86. The number of fused-ring (bicyclic) bond motifs is 1. The molecule has 1 atom stereocenters. The second-order valence-corrected chi connectivity index (χ2v) is 7.07. The maximum absolute atomic E-state index is 12.0. The molecule has 0 aliphatic carbocycles. The van der Waals surface area contributed by atoms with Crippen LogP contribution >= 0.6 is 24.0 Å². The van der Waals surface area contributed by atoms with Crippen molar-refractivity contribution in [3.05, 3.63) is 15.1 Å². The Morgan fingerprint density at radius 3 is 2.68 bits per heavy atom. The maximum Gasteiger partial charge on any atom is 0.330 e. The van der Waals surface area contributed by atoms with E-state index in [1.165, 1.54) is 30.3 Å². The molecular weight excluding hydrogens is 316 g/mol. The van der Waals surface area contributed by atoms with E-state index >= 15 is 0 Å². The van der Waals surface area contributed by atoms with Gasteiger partial charge in [0.1, 0.15) is 10.2 Å². The third-order valence-corrected chi connectivity index (χ3v) is 5.65. The van der Waals surface area contributed by atoms with Gasteiger partial charge in [0.05, 0.1) is 0 Å². The summed E-state index contributed by atoms with van der Waals surface area (Å²) in [5.41, 5.74) is 1.26. The highest BCUT2D eigenvalue weighted by Gasteiger charge is 2.13. The number of nitrogens with zero attached hydrogens (tertiary/aromatic N) is 3. The minimum Gasteiger partial charge on any atom is -0.329 e. The van der Waals surface area contributed by atoms with Gasteiger partial charge < -0.3 is 4.98 Å². The third-order valence-electron chi connectivity index (χ3n) is 4.07. The van der Waals surface area contributed by atoms with Gasteiger partial charge in [-0.3, -0.25) is 9.13 Å². The van der Waals surface area contributed by atoms with Gasteiger partial charge in [0.2, 0.25) is 0 Å². The minimum atomic E-state index is -0.144. The lowest BCUT2D eigenvalue weighted by atomic mass is 10.0. The highest BCUT2D eigenvalue weighted by atomic mass is 32.2. The van der Waals surface area contributed by atoms with Crippen LogP contribution in [-0.4, -0.2) is 24.9 Å². The van der Waals surface area contributed by atoms with Gasteiger partial charge in [0.25, 0.3) is 0 Å². The van der Waals surface area contributed by atoms with Crippen LogP contribution in [0.3, 0.4) is 0 Å². The van der Waals surface area contributed by atoms with E-state index in [4.69, 9.17) is 12.2 Å². The first-order chi connectivity index (χ1) is 10.5. The maximum atomic E-state index is 12.0. The Bertz CT molecular complexity index is 759. The van der Waals surface area contributed by atoms with Crippen LogP contribution < -0.4 is 5.69 Å². The monoisotopic (exact) mass is 340 g/mol. The van der Waals surface area contributed by atoms with E-state index in [0.29, 0.717) is 16.2 Å². The lowest BCUT2D eigenvalue weighted by molar-refractivity contribution is 0.499. The zero-order valence-corrected chi connectivity index (χ0v) is 15.3. The van der Waals surface area contributed by atoms with Crippen LogP contribution in [0.25, 0.3) is 11.2 Å². The van der Waals surface area contributed by atoms with Crippen molar-refractivity contribution in [3.63, 3.8) is 0 Å². The number of thioether (sulfide) groups is 1. The summed E-state index contributed by atoms with van der Waals surface area (Å²) in [4.78, 5) is 19.9. The zero-order valence-electron chi connectivity index (χ0n) is 13.7. The minimum absolute atomic E-state index is 0.144. The van der Waals surface area contributed by atoms with E-state index in [0.717, 1.165) is 16.4 Å². The molecule has 22 heavy (non-hydrogen) atoms. The van der Waals surface area contributed by atoms with Crippen LogP contribution in [0.4, 0.5) is 0 Å². The molecule has 2 aromatic heterocycles. The normalized spacial score (nSPS) is 12.9. The molecular formula is C15H24N4OS2. The fourth-order valence-corrected chi connectivity index (χ4v) is 3.81. The summed E-state index contributed by atoms with van der Waals surface area (Å²) in [6, 6.07) is 0. The smallest absolute Gasteiger partial charge is 0.329 e. The number of aryl methyl sites for hydroxylation is 1. The van der Waals surface area contributed by atoms with Gasteiger partial charge >= 0.3 is 5.69 Å². The molecule has 0 fully saturated rings. The van der Waals surface area contributed by atoms with Crippen molar-refractivity contribution >= 4 is 35.1 Å². The number of hydrogen-bond acceptors (Lipinski definition) is 4. The molecule has 0 saturated carbocycles. The van der Waals surface area contributed by atoms with E-state index in [2.05, 4.69) is 23.8 Å². The quantitative estimate of drug-likeness (QED) is 0.617. The summed E-state index contributed by atoms with van der Waals surface area (Å²) < 4.78 is 3.52. The molecule has 1 N–H and O–H groups in total. The van der Waals surface area contributed by atoms with E-state index in [1.807, 2.05) is 0 Å². The molecule has 0 bridgehead atoms. The second kappa shape index (κ2) is 7.46. The molecule has 122 valence electrons. The first-order valence-corrected chi connectivity index (χ1v) is 9.17. The molecule has 0 unspecified atom stereocenters. The fourth-order valence-electron chi connectivity index (χ4n) is 2.47. The molecule has 5 nitrogen and oxygen atoms in total. The number of aromatic amines is 1. The summed E-state index contributed by atoms with van der Waals surface area (Å²) in [6.07, 6.45) is 4.97. The average Bonchev–Trinajstić information content (AvgIpc) is 2.95. The van der Waals surface area contributed by atoms with Gasteiger partial charge in [-0.15, -0.1) is 0 Å². The first-order valence-electron chi connectivity index (χ1n) is 7.78. The number of nitrogens with one attached hydrogen (secondary N) is 1. The highest BCUT2D eigenvalue weighted by Crippen LogP contribution is 2.24. The molecule has 2 rings (SSSR count). The molecule has 0 radical (unpaired) electrons. The summed E-state index contributed by atoms with van der Waals surface area (Å²) in [6.45, 7) is 4.47. The van der Waals surface area contributed by atoms with Crippen molar-refractivity contribution in [1.82, 2.24) is 19.1 Å². The van der Waals surface area contributed by atoms with Crippen LogP contribution in [0.5, 0.6) is 0 Å². The second-order valence-electron chi connectivity index (χ2n) is 5.67.